The van der Waals surface area contributed by atoms with E-state index in [2.05, 4.69) is 0 Å². The van der Waals surface area contributed by atoms with Crippen LogP contribution in [0, 0.1) is 0 Å². The molecule has 0 aromatic carbocycles. The molecule has 0 radical (unpaired) electrons. The van der Waals surface area contributed by atoms with Crippen LogP contribution in [0.15, 0.2) is 0 Å². The van der Waals surface area contributed by atoms with E-state index in [4.69, 9.17) is 9.47 Å². The first kappa shape index (κ1) is 34.2. The Balaban J connectivity index is 4.79. The third kappa shape index (κ3) is 15.3. The number of ether oxygens (including phenoxy) is 2. The summed E-state index contributed by atoms with van der Waals surface area (Å²) in [4.78, 5) is 46.5. The number of rotatable bonds is 17. The molecule has 2 amide bonds. The number of amides is 2. The van der Waals surface area contributed by atoms with E-state index >= 15 is 0 Å². The Bertz CT molecular complexity index is 651. The van der Waals surface area contributed by atoms with E-state index < -0.39 is 48.2 Å². The molecule has 0 fully saturated rings. The van der Waals surface area contributed by atoms with Gasteiger partial charge < -0.3 is 20.1 Å². The molecule has 0 spiro atoms. The van der Waals surface area contributed by atoms with Crippen molar-refractivity contribution in [3.8, 4) is 0 Å². The van der Waals surface area contributed by atoms with E-state index in [0.717, 1.165) is 21.6 Å². The molecular weight excluding hydrogens is 542 g/mol. The highest BCUT2D eigenvalue weighted by molar-refractivity contribution is 8.76. The van der Waals surface area contributed by atoms with Gasteiger partial charge in [0.25, 0.3) is 0 Å². The largest absolute Gasteiger partial charge is 0.471 e. The van der Waals surface area contributed by atoms with Gasteiger partial charge in [0.2, 0.25) is 0 Å². The van der Waals surface area contributed by atoms with E-state index in [0.29, 0.717) is 25.7 Å². The van der Waals surface area contributed by atoms with Crippen molar-refractivity contribution in [1.29, 1.82) is 0 Å². The molecule has 0 unspecified atom stereocenters. The third-order valence-electron chi connectivity index (χ3n) is 4.24. The number of nitrogens with one attached hydrogen (secondary N) is 2. The molecule has 0 saturated heterocycles. The molecule has 36 heavy (non-hydrogen) atoms. The lowest BCUT2D eigenvalue weighted by atomic mass is 10.2. The minimum Gasteiger partial charge on any atom is -0.464 e. The molecule has 0 bridgehead atoms. The number of hydrogen-bond acceptors (Lipinski definition) is 8. The lowest BCUT2D eigenvalue weighted by Crippen LogP contribution is -2.47. The molecule has 2 N–H and O–H groups in total. The predicted octanol–water partition coefficient (Wildman–Crippen LogP) is 3.93. The molecule has 0 heterocycles. The number of hydrogen-bond donors (Lipinski definition) is 2. The molecule has 0 aliphatic carbocycles. The van der Waals surface area contributed by atoms with Crippen molar-refractivity contribution in [3.05, 3.63) is 0 Å². The molecule has 8 nitrogen and oxygen atoms in total. The Morgan fingerprint density at radius 2 is 1.03 bits per heavy atom. The number of unbranched alkanes of at least 4 members (excludes halogenated alkanes) is 2. The zero-order valence-electron chi connectivity index (χ0n) is 19.8. The summed E-state index contributed by atoms with van der Waals surface area (Å²) in [6.07, 6.45) is -8.47. The summed E-state index contributed by atoms with van der Waals surface area (Å²) in [5, 5.41) is 3.18. The van der Waals surface area contributed by atoms with Crippen LogP contribution in [0.5, 0.6) is 0 Å². The van der Waals surface area contributed by atoms with Gasteiger partial charge in [-0.25, -0.2) is 9.59 Å². The van der Waals surface area contributed by atoms with Crippen LogP contribution in [0.2, 0.25) is 0 Å². The molecular formula is C20H30F6N2O6S2. The zero-order valence-corrected chi connectivity index (χ0v) is 21.4. The Morgan fingerprint density at radius 1 is 0.694 bits per heavy atom. The highest BCUT2D eigenvalue weighted by Crippen LogP contribution is 2.25. The monoisotopic (exact) mass is 572 g/mol. The number of esters is 2. The van der Waals surface area contributed by atoms with Gasteiger partial charge in [0.15, 0.2) is 0 Å². The van der Waals surface area contributed by atoms with Crippen LogP contribution in [0.4, 0.5) is 26.3 Å². The van der Waals surface area contributed by atoms with E-state index in [-0.39, 0.29) is 37.6 Å². The molecule has 2 atom stereocenters. The van der Waals surface area contributed by atoms with Gasteiger partial charge in [-0.1, -0.05) is 48.3 Å². The van der Waals surface area contributed by atoms with Gasteiger partial charge in [-0.3, -0.25) is 9.59 Å². The Hall–Kier alpha value is -1.84. The second-order valence-electron chi connectivity index (χ2n) is 7.31. The van der Waals surface area contributed by atoms with Crippen molar-refractivity contribution in [1.82, 2.24) is 10.6 Å². The molecule has 0 saturated carbocycles. The van der Waals surface area contributed by atoms with Crippen LogP contribution in [0.1, 0.15) is 52.4 Å². The van der Waals surface area contributed by atoms with Gasteiger partial charge in [-0.15, -0.1) is 0 Å². The first-order valence-electron chi connectivity index (χ1n) is 11.1. The zero-order chi connectivity index (χ0) is 27.8. The Labute approximate surface area is 212 Å². The van der Waals surface area contributed by atoms with Gasteiger partial charge in [0, 0.05) is 11.5 Å². The summed E-state index contributed by atoms with van der Waals surface area (Å²) in [6.45, 7) is 3.59. The molecule has 0 aliphatic heterocycles. The van der Waals surface area contributed by atoms with Crippen molar-refractivity contribution >= 4 is 45.3 Å². The summed E-state index contributed by atoms with van der Waals surface area (Å²) in [7, 11) is 2.10. The molecule has 0 aliphatic rings. The molecule has 16 heteroatoms. The van der Waals surface area contributed by atoms with E-state index in [9.17, 15) is 45.5 Å². The predicted molar refractivity (Wildman–Crippen MR) is 122 cm³/mol. The minimum atomic E-state index is -5.19. The second-order valence-corrected chi connectivity index (χ2v) is 10.0. The molecule has 210 valence electrons. The Kier molecular flexibility index (Phi) is 16.7. The number of carbonyl (C=O) groups is 4. The van der Waals surface area contributed by atoms with Crippen molar-refractivity contribution in [2.24, 2.45) is 0 Å². The van der Waals surface area contributed by atoms with Crippen LogP contribution in [-0.4, -0.2) is 72.9 Å². The van der Waals surface area contributed by atoms with Crippen molar-refractivity contribution in [2.45, 2.75) is 76.8 Å². The summed E-state index contributed by atoms with van der Waals surface area (Å²) in [5.74, 6) is -6.48. The highest BCUT2D eigenvalue weighted by atomic mass is 33.1. The fourth-order valence-electron chi connectivity index (χ4n) is 2.26. The van der Waals surface area contributed by atoms with E-state index in [1.54, 1.807) is 10.6 Å². The van der Waals surface area contributed by atoms with Gasteiger partial charge in [-0.05, 0) is 25.7 Å². The fourth-order valence-corrected chi connectivity index (χ4v) is 4.45. The normalized spacial score (nSPS) is 13.4. The van der Waals surface area contributed by atoms with Gasteiger partial charge in [-0.2, -0.15) is 26.3 Å². The van der Waals surface area contributed by atoms with E-state index in [1.807, 2.05) is 13.8 Å². The summed E-state index contributed by atoms with van der Waals surface area (Å²) >= 11 is 0. The van der Waals surface area contributed by atoms with Crippen LogP contribution in [0.3, 0.4) is 0 Å². The Morgan fingerprint density at radius 3 is 1.31 bits per heavy atom. The first-order valence-corrected chi connectivity index (χ1v) is 13.6. The maximum Gasteiger partial charge on any atom is 0.471 e. The van der Waals surface area contributed by atoms with E-state index in [1.165, 1.54) is 0 Å². The minimum absolute atomic E-state index is 0.0188. The molecule has 0 aromatic heterocycles. The third-order valence-corrected chi connectivity index (χ3v) is 6.71. The molecule has 0 rings (SSSR count). The summed E-state index contributed by atoms with van der Waals surface area (Å²) in [5.41, 5.74) is 0. The average molecular weight is 573 g/mol. The smallest absolute Gasteiger partial charge is 0.464 e. The SMILES string of the molecule is CCCCOC(=O)[C@H](CCSSCC[C@H](NC(=O)C(F)(F)F)C(=O)OCCCC)NC(=O)C(F)(F)F. The first-order chi connectivity index (χ1) is 16.7. The maximum absolute atomic E-state index is 12.6. The highest BCUT2D eigenvalue weighted by Gasteiger charge is 2.42. The van der Waals surface area contributed by atoms with Crippen molar-refractivity contribution in [2.75, 3.05) is 24.7 Å². The summed E-state index contributed by atoms with van der Waals surface area (Å²) in [6, 6.07) is -3.09. The van der Waals surface area contributed by atoms with Crippen LogP contribution in [0.25, 0.3) is 0 Å². The topological polar surface area (TPSA) is 111 Å². The lowest BCUT2D eigenvalue weighted by Gasteiger charge is -2.19. The van der Waals surface area contributed by atoms with Crippen molar-refractivity contribution < 1.29 is 55.0 Å². The van der Waals surface area contributed by atoms with Crippen LogP contribution < -0.4 is 10.6 Å². The number of alkyl halides is 6. The lowest BCUT2D eigenvalue weighted by molar-refractivity contribution is -0.176. The number of carbonyl (C=O) groups excluding carboxylic acids is 4. The van der Waals surface area contributed by atoms with Gasteiger partial charge >= 0.3 is 36.1 Å². The van der Waals surface area contributed by atoms with Gasteiger partial charge in [0.1, 0.15) is 12.1 Å². The van der Waals surface area contributed by atoms with Crippen LogP contribution >= 0.6 is 21.6 Å². The van der Waals surface area contributed by atoms with Gasteiger partial charge in [0.05, 0.1) is 13.2 Å². The van der Waals surface area contributed by atoms with Crippen LogP contribution in [-0.2, 0) is 28.7 Å². The fraction of sp³-hybridized carbons (Fsp3) is 0.800. The van der Waals surface area contributed by atoms with Crippen molar-refractivity contribution in [3.63, 3.8) is 0 Å². The number of halogens is 6. The second kappa shape index (κ2) is 17.6. The molecule has 0 aromatic rings. The summed E-state index contributed by atoms with van der Waals surface area (Å²) < 4.78 is 85.1. The average Bonchev–Trinajstić information content (AvgIpc) is 2.78. The maximum atomic E-state index is 12.6. The quantitative estimate of drug-likeness (QED) is 0.117. The standard InChI is InChI=1S/C20H30F6N2O6S2/c1-3-5-9-33-15(29)13(27-17(31)19(21,22)23)7-11-35-36-12-8-14(16(30)34-10-6-4-2)28-18(32)20(24,25)26/h13-14H,3-12H2,1-2H3,(H,27,31)(H,28,32)/t13-,14-/m0/s1.